The molecule has 0 bridgehead atoms. The lowest BCUT2D eigenvalue weighted by molar-refractivity contribution is -0.115. The number of carbonyl (C=O) groups excluding carboxylic acids is 1. The zero-order chi connectivity index (χ0) is 26.2. The Bertz CT molecular complexity index is 1340. The molecule has 0 radical (unpaired) electrons. The third kappa shape index (κ3) is 6.66. The van der Waals surface area contributed by atoms with E-state index < -0.39 is 0 Å². The standard InChI is InChI=1S/C28H29N5O4/c1-18-26(32-25(34)17-19-5-11-22(35-2)12-6-19)27(30-20-7-13-23(36-3)14-8-20)33-28(29-18)31-21-9-15-24(37-4)16-10-21/h5-16H,17H2,1-4H3,(H,32,34)(H2,29,30,31,33). The molecule has 1 heterocycles. The van der Waals surface area contributed by atoms with Gasteiger partial charge in [-0.25, -0.2) is 4.98 Å². The molecule has 0 atom stereocenters. The van der Waals surface area contributed by atoms with Crippen LogP contribution in [0.3, 0.4) is 0 Å². The van der Waals surface area contributed by atoms with E-state index in [0.717, 1.165) is 34.2 Å². The third-order valence-electron chi connectivity index (χ3n) is 5.58. The second-order valence-electron chi connectivity index (χ2n) is 8.14. The minimum atomic E-state index is -0.189. The Kier molecular flexibility index (Phi) is 8.05. The van der Waals surface area contributed by atoms with Gasteiger partial charge in [-0.3, -0.25) is 4.79 Å². The fraction of sp³-hybridized carbons (Fsp3) is 0.179. The minimum absolute atomic E-state index is 0.189. The van der Waals surface area contributed by atoms with Gasteiger partial charge in [0.25, 0.3) is 0 Å². The van der Waals surface area contributed by atoms with Gasteiger partial charge in [0.05, 0.1) is 33.4 Å². The van der Waals surface area contributed by atoms with Gasteiger partial charge in [-0.15, -0.1) is 0 Å². The third-order valence-corrected chi connectivity index (χ3v) is 5.58. The normalized spacial score (nSPS) is 10.4. The minimum Gasteiger partial charge on any atom is -0.497 e. The first kappa shape index (κ1) is 25.3. The maximum Gasteiger partial charge on any atom is 0.229 e. The Morgan fingerprint density at radius 2 is 1.19 bits per heavy atom. The maximum atomic E-state index is 12.9. The lowest BCUT2D eigenvalue weighted by Gasteiger charge is -2.17. The fourth-order valence-corrected chi connectivity index (χ4v) is 3.60. The van der Waals surface area contributed by atoms with Crippen LogP contribution >= 0.6 is 0 Å². The predicted octanol–water partition coefficient (Wildman–Crippen LogP) is 5.48. The monoisotopic (exact) mass is 499 g/mol. The molecule has 4 aromatic rings. The Morgan fingerprint density at radius 1 is 0.703 bits per heavy atom. The number of hydrogen-bond donors (Lipinski definition) is 3. The van der Waals surface area contributed by atoms with E-state index in [1.54, 1.807) is 21.3 Å². The summed E-state index contributed by atoms with van der Waals surface area (Å²) < 4.78 is 15.7. The van der Waals surface area contributed by atoms with E-state index in [2.05, 4.69) is 25.9 Å². The molecule has 0 aliphatic rings. The molecule has 0 aliphatic heterocycles. The number of anilines is 5. The fourth-order valence-electron chi connectivity index (χ4n) is 3.60. The first-order valence-electron chi connectivity index (χ1n) is 11.6. The molecular weight excluding hydrogens is 470 g/mol. The number of aromatic nitrogens is 2. The van der Waals surface area contributed by atoms with Crippen molar-refractivity contribution in [3.63, 3.8) is 0 Å². The number of nitrogens with zero attached hydrogens (tertiary/aromatic N) is 2. The molecule has 37 heavy (non-hydrogen) atoms. The number of aryl methyl sites for hydroxylation is 1. The van der Waals surface area contributed by atoms with Gasteiger partial charge in [-0.1, -0.05) is 12.1 Å². The van der Waals surface area contributed by atoms with Gasteiger partial charge in [0, 0.05) is 11.4 Å². The second-order valence-corrected chi connectivity index (χ2v) is 8.14. The van der Waals surface area contributed by atoms with Crippen LogP contribution in [0.4, 0.5) is 28.8 Å². The number of carbonyl (C=O) groups is 1. The van der Waals surface area contributed by atoms with Crippen molar-refractivity contribution in [2.24, 2.45) is 0 Å². The lowest BCUT2D eigenvalue weighted by Crippen LogP contribution is -2.18. The molecule has 0 saturated carbocycles. The van der Waals surface area contributed by atoms with Crippen molar-refractivity contribution in [1.82, 2.24) is 9.97 Å². The molecule has 1 amide bonds. The van der Waals surface area contributed by atoms with Crippen molar-refractivity contribution in [2.45, 2.75) is 13.3 Å². The van der Waals surface area contributed by atoms with Gasteiger partial charge in [0.1, 0.15) is 22.9 Å². The molecule has 0 aliphatic carbocycles. The van der Waals surface area contributed by atoms with E-state index in [-0.39, 0.29) is 12.3 Å². The molecule has 190 valence electrons. The van der Waals surface area contributed by atoms with E-state index in [9.17, 15) is 4.79 Å². The first-order chi connectivity index (χ1) is 18.0. The molecule has 4 rings (SSSR count). The Hall–Kier alpha value is -4.79. The summed E-state index contributed by atoms with van der Waals surface area (Å²) in [4.78, 5) is 22.2. The molecule has 3 N–H and O–H groups in total. The highest BCUT2D eigenvalue weighted by molar-refractivity contribution is 5.96. The van der Waals surface area contributed by atoms with Gasteiger partial charge >= 0.3 is 0 Å². The zero-order valence-corrected chi connectivity index (χ0v) is 21.2. The summed E-state index contributed by atoms with van der Waals surface area (Å²) in [5.74, 6) is 2.87. The summed E-state index contributed by atoms with van der Waals surface area (Å²) in [7, 11) is 4.84. The predicted molar refractivity (Wildman–Crippen MR) is 145 cm³/mol. The largest absolute Gasteiger partial charge is 0.497 e. The van der Waals surface area contributed by atoms with Gasteiger partial charge in [-0.2, -0.15) is 4.98 Å². The molecule has 1 aromatic heterocycles. The van der Waals surface area contributed by atoms with Crippen molar-refractivity contribution in [2.75, 3.05) is 37.3 Å². The van der Waals surface area contributed by atoms with Gasteiger partial charge in [0.15, 0.2) is 5.82 Å². The number of benzene rings is 3. The van der Waals surface area contributed by atoms with Gasteiger partial charge in [-0.05, 0) is 73.2 Å². The van der Waals surface area contributed by atoms with E-state index >= 15 is 0 Å². The SMILES string of the molecule is COc1ccc(CC(=O)Nc2c(C)nc(Nc3ccc(OC)cc3)nc2Nc2ccc(OC)cc2)cc1. The number of amides is 1. The van der Waals surface area contributed by atoms with Crippen LogP contribution in [0.5, 0.6) is 17.2 Å². The van der Waals surface area contributed by atoms with Crippen LogP contribution in [-0.2, 0) is 11.2 Å². The van der Waals surface area contributed by atoms with Crippen LogP contribution in [0, 0.1) is 6.92 Å². The highest BCUT2D eigenvalue weighted by Gasteiger charge is 2.16. The van der Waals surface area contributed by atoms with Crippen LogP contribution < -0.4 is 30.2 Å². The molecular formula is C28H29N5O4. The van der Waals surface area contributed by atoms with Crippen molar-refractivity contribution in [3.8, 4) is 17.2 Å². The molecule has 0 fully saturated rings. The highest BCUT2D eigenvalue weighted by atomic mass is 16.5. The van der Waals surface area contributed by atoms with E-state index in [1.165, 1.54) is 0 Å². The number of ether oxygens (including phenoxy) is 3. The summed E-state index contributed by atoms with van der Waals surface area (Å²) in [6.45, 7) is 1.82. The highest BCUT2D eigenvalue weighted by Crippen LogP contribution is 2.30. The van der Waals surface area contributed by atoms with Gasteiger partial charge in [0.2, 0.25) is 11.9 Å². The van der Waals surface area contributed by atoms with E-state index in [0.29, 0.717) is 23.1 Å². The summed E-state index contributed by atoms with van der Waals surface area (Å²) in [6.07, 6.45) is 0.192. The summed E-state index contributed by atoms with van der Waals surface area (Å²) in [5, 5.41) is 9.48. The van der Waals surface area contributed by atoms with E-state index in [4.69, 9.17) is 14.2 Å². The van der Waals surface area contributed by atoms with Crippen LogP contribution in [0.1, 0.15) is 11.3 Å². The molecule has 9 heteroatoms. The zero-order valence-electron chi connectivity index (χ0n) is 21.2. The number of hydrogen-bond acceptors (Lipinski definition) is 8. The molecule has 0 unspecified atom stereocenters. The molecule has 0 spiro atoms. The van der Waals surface area contributed by atoms with Crippen LogP contribution in [0.15, 0.2) is 72.8 Å². The number of methoxy groups -OCH3 is 3. The summed E-state index contributed by atoms with van der Waals surface area (Å²) in [6, 6.07) is 22.2. The number of nitrogens with one attached hydrogen (secondary N) is 3. The average Bonchev–Trinajstić information content (AvgIpc) is 2.92. The molecule has 3 aromatic carbocycles. The Balaban J connectivity index is 1.60. The summed E-state index contributed by atoms with van der Waals surface area (Å²) in [5.41, 5.74) is 3.53. The van der Waals surface area contributed by atoms with Gasteiger partial charge < -0.3 is 30.2 Å². The van der Waals surface area contributed by atoms with Crippen molar-refractivity contribution in [1.29, 1.82) is 0 Å². The van der Waals surface area contributed by atoms with E-state index in [1.807, 2.05) is 79.7 Å². The smallest absolute Gasteiger partial charge is 0.229 e. The van der Waals surface area contributed by atoms with Crippen LogP contribution in [-0.4, -0.2) is 37.2 Å². The van der Waals surface area contributed by atoms with Crippen molar-refractivity contribution < 1.29 is 19.0 Å². The number of rotatable bonds is 10. The Morgan fingerprint density at radius 3 is 1.70 bits per heavy atom. The van der Waals surface area contributed by atoms with Crippen molar-refractivity contribution in [3.05, 3.63) is 84.1 Å². The molecule has 9 nitrogen and oxygen atoms in total. The summed E-state index contributed by atoms with van der Waals surface area (Å²) >= 11 is 0. The maximum absolute atomic E-state index is 12.9. The quantitative estimate of drug-likeness (QED) is 0.263. The van der Waals surface area contributed by atoms with Crippen LogP contribution in [0.2, 0.25) is 0 Å². The first-order valence-corrected chi connectivity index (χ1v) is 11.6. The van der Waals surface area contributed by atoms with Crippen LogP contribution in [0.25, 0.3) is 0 Å². The lowest BCUT2D eigenvalue weighted by atomic mass is 10.1. The van der Waals surface area contributed by atoms with Crippen molar-refractivity contribution >= 4 is 34.7 Å². The Labute approximate surface area is 215 Å². The molecule has 0 saturated heterocycles. The topological polar surface area (TPSA) is 107 Å². The average molecular weight is 500 g/mol. The second kappa shape index (κ2) is 11.8.